The van der Waals surface area contributed by atoms with E-state index in [1.165, 1.54) is 0 Å². The first-order valence-corrected chi connectivity index (χ1v) is 18.1. The summed E-state index contributed by atoms with van der Waals surface area (Å²) >= 11 is 0. The number of aryl methyl sites for hydroxylation is 2. The van der Waals surface area contributed by atoms with Crippen molar-refractivity contribution in [3.8, 4) is 0 Å². The number of allylic oxidation sites excluding steroid dienone is 2. The second-order valence-corrected chi connectivity index (χ2v) is 17.9. The third kappa shape index (κ3) is 5.44. The molecule has 2 nitrogen and oxygen atoms in total. The topological polar surface area (TPSA) is 34.1 Å². The first kappa shape index (κ1) is 31.6. The van der Waals surface area contributed by atoms with E-state index in [0.717, 1.165) is 59.7 Å². The van der Waals surface area contributed by atoms with Crippen LogP contribution in [0.1, 0.15) is 28.7 Å². The van der Waals surface area contributed by atoms with Gasteiger partial charge in [-0.15, -0.1) is 0 Å². The van der Waals surface area contributed by atoms with Crippen LogP contribution < -0.4 is 21.2 Å². The molecule has 2 aliphatic carbocycles. The molecule has 10 heteroatoms. The van der Waals surface area contributed by atoms with Gasteiger partial charge in [-0.05, 0) is 56.4 Å². The van der Waals surface area contributed by atoms with E-state index in [1.54, 1.807) is 0 Å². The SMILES string of the molecule is Cc1ccc(P(=O)(c2ccc(C)cc2)[C@H]2[C@H](P(=O)(c3ccc(C(F)(F)F)cc3)c3ccc(C(F)(F)F)cc3)[C@H]3C=C[C@@H]2C3)cc1. The van der Waals surface area contributed by atoms with Gasteiger partial charge in [-0.2, -0.15) is 26.3 Å². The Morgan fingerprint density at radius 3 is 1.02 bits per heavy atom. The van der Waals surface area contributed by atoms with Crippen molar-refractivity contribution in [2.45, 2.75) is 43.9 Å². The molecule has 0 N–H and O–H groups in total. The zero-order chi connectivity index (χ0) is 32.4. The van der Waals surface area contributed by atoms with Crippen LogP contribution in [0.4, 0.5) is 26.3 Å². The first-order valence-electron chi connectivity index (χ1n) is 14.5. The third-order valence-corrected chi connectivity index (χ3v) is 16.8. The molecule has 4 aromatic carbocycles. The molecule has 0 amide bonds. The lowest BCUT2D eigenvalue weighted by atomic mass is 10.1. The fourth-order valence-electron chi connectivity index (χ4n) is 7.00. The van der Waals surface area contributed by atoms with Crippen molar-refractivity contribution in [1.82, 2.24) is 0 Å². The molecule has 0 aromatic heterocycles. The van der Waals surface area contributed by atoms with Gasteiger partial charge in [-0.25, -0.2) is 0 Å². The van der Waals surface area contributed by atoms with Gasteiger partial charge in [-0.1, -0.05) is 96.1 Å². The molecule has 6 rings (SSSR count). The molecule has 234 valence electrons. The zero-order valence-corrected chi connectivity index (χ0v) is 26.2. The minimum absolute atomic E-state index is 0.0885. The van der Waals surface area contributed by atoms with Crippen LogP contribution in [0.2, 0.25) is 0 Å². The zero-order valence-electron chi connectivity index (χ0n) is 24.4. The van der Waals surface area contributed by atoms with Crippen molar-refractivity contribution in [3.05, 3.63) is 131 Å². The van der Waals surface area contributed by atoms with Crippen molar-refractivity contribution in [2.24, 2.45) is 11.8 Å². The quantitative estimate of drug-likeness (QED) is 0.118. The van der Waals surface area contributed by atoms with Crippen LogP contribution in [0.3, 0.4) is 0 Å². The molecule has 0 radical (unpaired) electrons. The van der Waals surface area contributed by atoms with E-state index in [-0.39, 0.29) is 22.4 Å². The maximum Gasteiger partial charge on any atom is 0.416 e. The van der Waals surface area contributed by atoms with Gasteiger partial charge in [0.25, 0.3) is 0 Å². The summed E-state index contributed by atoms with van der Waals surface area (Å²) in [6.07, 6.45) is -4.85. The third-order valence-electron chi connectivity index (χ3n) is 9.21. The van der Waals surface area contributed by atoms with Crippen molar-refractivity contribution >= 4 is 35.5 Å². The fourth-order valence-corrected chi connectivity index (χ4v) is 15.3. The van der Waals surface area contributed by atoms with E-state index in [9.17, 15) is 26.3 Å². The Labute approximate surface area is 257 Å². The average molecular weight is 659 g/mol. The number of benzene rings is 4. The lowest BCUT2D eigenvalue weighted by Gasteiger charge is -2.40. The number of rotatable bonds is 6. The van der Waals surface area contributed by atoms with Crippen molar-refractivity contribution in [3.63, 3.8) is 0 Å². The fraction of sp³-hybridized carbons (Fsp3) is 0.257. The molecule has 1 fully saturated rings. The Hall–Kier alpha value is -3.34. The van der Waals surface area contributed by atoms with Gasteiger partial charge < -0.3 is 9.13 Å². The number of alkyl halides is 6. The average Bonchev–Trinajstić information content (AvgIpc) is 3.63. The van der Waals surface area contributed by atoms with E-state index in [4.69, 9.17) is 0 Å². The summed E-state index contributed by atoms with van der Waals surface area (Å²) in [5.74, 6) is -0.606. The lowest BCUT2D eigenvalue weighted by molar-refractivity contribution is -0.138. The molecule has 4 atom stereocenters. The Kier molecular flexibility index (Phi) is 7.85. The van der Waals surface area contributed by atoms with Crippen LogP contribution in [0.15, 0.2) is 109 Å². The van der Waals surface area contributed by atoms with Crippen molar-refractivity contribution in [2.75, 3.05) is 0 Å². The monoisotopic (exact) mass is 658 g/mol. The van der Waals surface area contributed by atoms with Gasteiger partial charge in [0.1, 0.15) is 14.3 Å². The number of hydrogen-bond acceptors (Lipinski definition) is 2. The number of hydrogen-bond donors (Lipinski definition) is 0. The van der Waals surface area contributed by atoms with Gasteiger partial charge in [0, 0.05) is 32.5 Å². The maximum absolute atomic E-state index is 15.9. The maximum atomic E-state index is 15.9. The molecular formula is C35H30F6O2P2. The summed E-state index contributed by atoms with van der Waals surface area (Å²) in [4.78, 5) is 0. The minimum Gasteiger partial charge on any atom is -0.313 e. The van der Waals surface area contributed by atoms with Crippen LogP contribution >= 0.6 is 14.3 Å². The summed E-state index contributed by atoms with van der Waals surface area (Å²) in [5, 5.41) is 1.31. The van der Waals surface area contributed by atoms with Crippen LogP contribution in [-0.2, 0) is 21.5 Å². The van der Waals surface area contributed by atoms with Crippen LogP contribution in [0.25, 0.3) is 0 Å². The van der Waals surface area contributed by atoms with Gasteiger partial charge in [-0.3, -0.25) is 0 Å². The molecule has 2 aliphatic rings. The molecule has 2 bridgehead atoms. The predicted octanol–water partition coefficient (Wildman–Crippen LogP) is 8.61. The minimum atomic E-state index is -4.64. The van der Waals surface area contributed by atoms with Crippen molar-refractivity contribution in [1.29, 1.82) is 0 Å². The molecular weight excluding hydrogens is 628 g/mol. The van der Waals surface area contributed by atoms with E-state index in [2.05, 4.69) is 0 Å². The Bertz CT molecular complexity index is 1710. The van der Waals surface area contributed by atoms with Crippen molar-refractivity contribution < 1.29 is 35.5 Å². The smallest absolute Gasteiger partial charge is 0.313 e. The largest absolute Gasteiger partial charge is 0.416 e. The molecule has 0 spiro atoms. The first-order chi connectivity index (χ1) is 21.1. The van der Waals surface area contributed by atoms with E-state index in [1.807, 2.05) is 74.5 Å². The lowest BCUT2D eigenvalue weighted by Crippen LogP contribution is -2.41. The Balaban J connectivity index is 1.60. The van der Waals surface area contributed by atoms with E-state index >= 15 is 9.13 Å². The molecule has 0 heterocycles. The van der Waals surface area contributed by atoms with Gasteiger partial charge >= 0.3 is 12.4 Å². The molecule has 4 aromatic rings. The summed E-state index contributed by atoms with van der Waals surface area (Å²) in [6.45, 7) is 3.82. The summed E-state index contributed by atoms with van der Waals surface area (Å²) < 4.78 is 113. The number of fused-ring (bicyclic) bond motifs is 2. The van der Waals surface area contributed by atoms with E-state index in [0.29, 0.717) is 17.0 Å². The molecule has 45 heavy (non-hydrogen) atoms. The Morgan fingerprint density at radius 2 is 0.756 bits per heavy atom. The summed E-state index contributed by atoms with van der Waals surface area (Å²) in [7, 11) is -7.63. The van der Waals surface area contributed by atoms with E-state index < -0.39 is 49.1 Å². The highest BCUT2D eigenvalue weighted by Gasteiger charge is 2.60. The van der Waals surface area contributed by atoms with Gasteiger partial charge in [0.05, 0.1) is 11.1 Å². The molecule has 1 saturated carbocycles. The highest BCUT2D eigenvalue weighted by molar-refractivity contribution is 7.83. The second kappa shape index (κ2) is 11.2. The normalized spacial score (nSPS) is 21.8. The number of halogens is 6. The standard InChI is InChI=1S/C35H30F6O2P2/c1-22-3-13-28(14-4-22)44(42,29-15-5-23(2)6-16-29)32-24-7-8-25(21-24)33(32)45(43,30-17-9-26(10-18-30)34(36,37)38)31-19-11-27(12-20-31)35(39,40)41/h3-20,24-25,32-33H,21H2,1-2H3/t24-,25+,32-,33-/m1/s1. The van der Waals surface area contributed by atoms with Crippen LogP contribution in [0, 0.1) is 25.7 Å². The highest BCUT2D eigenvalue weighted by Crippen LogP contribution is 2.70. The highest BCUT2D eigenvalue weighted by atomic mass is 31.2. The second-order valence-electron chi connectivity index (χ2n) is 12.0. The van der Waals surface area contributed by atoms with Crippen LogP contribution in [-0.4, -0.2) is 11.3 Å². The van der Waals surface area contributed by atoms with Gasteiger partial charge in [0.2, 0.25) is 0 Å². The molecule has 0 saturated heterocycles. The molecule has 0 unspecified atom stereocenters. The Morgan fingerprint density at radius 1 is 0.489 bits per heavy atom. The van der Waals surface area contributed by atoms with Crippen LogP contribution in [0.5, 0.6) is 0 Å². The predicted molar refractivity (Wildman–Crippen MR) is 167 cm³/mol. The summed E-state index contributed by atoms with van der Waals surface area (Å²) in [6, 6.07) is 22.7. The van der Waals surface area contributed by atoms with Gasteiger partial charge in [0.15, 0.2) is 0 Å². The summed E-state index contributed by atoms with van der Waals surface area (Å²) in [5.41, 5.74) is -1.50. The molecule has 0 aliphatic heterocycles.